The molecule has 0 unspecified atom stereocenters. The summed E-state index contributed by atoms with van der Waals surface area (Å²) < 4.78 is 6.69. The molecule has 1 aromatic rings. The van der Waals surface area contributed by atoms with Crippen LogP contribution in [0.4, 0.5) is 0 Å². The lowest BCUT2D eigenvalue weighted by Gasteiger charge is -2.26. The van der Waals surface area contributed by atoms with Gasteiger partial charge in [-0.25, -0.2) is 0 Å². The van der Waals surface area contributed by atoms with Crippen molar-refractivity contribution in [3.63, 3.8) is 0 Å². The highest BCUT2D eigenvalue weighted by atomic mass is 79.9. The zero-order valence-electron chi connectivity index (χ0n) is 13.3. The summed E-state index contributed by atoms with van der Waals surface area (Å²) in [5.41, 5.74) is 2.91. The van der Waals surface area contributed by atoms with E-state index >= 15 is 0 Å². The molecule has 2 saturated heterocycles. The third-order valence-electron chi connectivity index (χ3n) is 4.90. The summed E-state index contributed by atoms with van der Waals surface area (Å²) in [5, 5.41) is 3.45. The first-order chi connectivity index (χ1) is 10.8. The normalized spacial score (nSPS) is 21.1. The van der Waals surface area contributed by atoms with Crippen LogP contribution in [0.25, 0.3) is 0 Å². The number of benzene rings is 1. The fourth-order valence-electron chi connectivity index (χ4n) is 3.44. The molecule has 0 aliphatic carbocycles. The van der Waals surface area contributed by atoms with E-state index in [4.69, 9.17) is 4.74 Å². The van der Waals surface area contributed by atoms with E-state index in [0.29, 0.717) is 0 Å². The number of hydrogen-bond donors (Lipinski definition) is 1. The minimum absolute atomic E-state index is 0.854. The monoisotopic (exact) mass is 366 g/mol. The molecule has 1 aromatic carbocycles. The van der Waals surface area contributed by atoms with Gasteiger partial charge in [-0.3, -0.25) is 4.90 Å². The molecule has 122 valence electrons. The molecule has 3 nitrogen and oxygen atoms in total. The molecule has 0 aromatic heterocycles. The van der Waals surface area contributed by atoms with Crippen molar-refractivity contribution in [2.75, 3.05) is 45.9 Å². The van der Waals surface area contributed by atoms with Crippen LogP contribution in [0.1, 0.15) is 24.0 Å². The maximum atomic E-state index is 5.41. The van der Waals surface area contributed by atoms with Gasteiger partial charge in [0, 0.05) is 24.1 Å². The van der Waals surface area contributed by atoms with Gasteiger partial charge in [-0.05, 0) is 61.9 Å². The minimum Gasteiger partial charge on any atom is -0.379 e. The molecule has 2 aliphatic rings. The zero-order valence-corrected chi connectivity index (χ0v) is 14.9. The maximum Gasteiger partial charge on any atom is 0.0594 e. The van der Waals surface area contributed by atoms with E-state index in [9.17, 15) is 0 Å². The Balaban J connectivity index is 1.52. The quantitative estimate of drug-likeness (QED) is 0.866. The zero-order chi connectivity index (χ0) is 15.2. The van der Waals surface area contributed by atoms with Crippen LogP contribution in [0.2, 0.25) is 0 Å². The van der Waals surface area contributed by atoms with Crippen LogP contribution in [0.3, 0.4) is 0 Å². The number of ether oxygens (including phenoxy) is 1. The molecular weight excluding hydrogens is 340 g/mol. The number of piperidine rings is 1. The van der Waals surface area contributed by atoms with Crippen molar-refractivity contribution in [3.8, 4) is 0 Å². The number of hydrogen-bond acceptors (Lipinski definition) is 3. The highest BCUT2D eigenvalue weighted by Crippen LogP contribution is 2.24. The van der Waals surface area contributed by atoms with Gasteiger partial charge in [-0.15, -0.1) is 0 Å². The van der Waals surface area contributed by atoms with Crippen LogP contribution in [0.5, 0.6) is 0 Å². The molecule has 2 aliphatic heterocycles. The van der Waals surface area contributed by atoms with Gasteiger partial charge in [0.05, 0.1) is 13.2 Å². The Labute approximate surface area is 142 Å². The van der Waals surface area contributed by atoms with Crippen molar-refractivity contribution < 1.29 is 4.74 Å². The number of rotatable bonds is 5. The topological polar surface area (TPSA) is 24.5 Å². The first kappa shape index (κ1) is 16.4. The van der Waals surface area contributed by atoms with Gasteiger partial charge in [0.15, 0.2) is 0 Å². The van der Waals surface area contributed by atoms with E-state index in [-0.39, 0.29) is 0 Å². The van der Waals surface area contributed by atoms with Gasteiger partial charge in [-0.1, -0.05) is 28.1 Å². The summed E-state index contributed by atoms with van der Waals surface area (Å²) in [4.78, 5) is 2.50. The number of nitrogens with zero attached hydrogens (tertiary/aromatic N) is 1. The van der Waals surface area contributed by atoms with E-state index in [2.05, 4.69) is 44.3 Å². The van der Waals surface area contributed by atoms with Crippen molar-refractivity contribution in [3.05, 3.63) is 33.8 Å². The smallest absolute Gasteiger partial charge is 0.0594 e. The highest BCUT2D eigenvalue weighted by molar-refractivity contribution is 9.10. The first-order valence-electron chi connectivity index (χ1n) is 8.59. The van der Waals surface area contributed by atoms with Crippen LogP contribution in [-0.2, 0) is 17.6 Å². The second-order valence-electron chi connectivity index (χ2n) is 6.53. The number of morpholine rings is 1. The summed E-state index contributed by atoms with van der Waals surface area (Å²) >= 11 is 3.78. The average Bonchev–Trinajstić information content (AvgIpc) is 2.56. The Bertz CT molecular complexity index is 468. The molecule has 1 N–H and O–H groups in total. The third kappa shape index (κ3) is 4.79. The first-order valence-corrected chi connectivity index (χ1v) is 9.39. The predicted octanol–water partition coefficient (Wildman–Crippen LogP) is 2.87. The van der Waals surface area contributed by atoms with E-state index in [1.807, 2.05) is 0 Å². The Kier molecular flexibility index (Phi) is 6.30. The number of nitrogens with one attached hydrogen (secondary N) is 1. The summed E-state index contributed by atoms with van der Waals surface area (Å²) in [6, 6.07) is 7.00. The molecular formula is C18H27BrN2O. The Morgan fingerprint density at radius 1 is 1.18 bits per heavy atom. The molecule has 0 spiro atoms. The Morgan fingerprint density at radius 3 is 2.68 bits per heavy atom. The maximum absolute atomic E-state index is 5.41. The van der Waals surface area contributed by atoms with E-state index in [1.54, 1.807) is 0 Å². The van der Waals surface area contributed by atoms with Crippen LogP contribution in [-0.4, -0.2) is 50.8 Å². The Hall–Kier alpha value is -0.420. The molecule has 0 radical (unpaired) electrons. The second kappa shape index (κ2) is 8.44. The average molecular weight is 367 g/mol. The van der Waals surface area contributed by atoms with Gasteiger partial charge < -0.3 is 10.1 Å². The molecule has 4 heteroatoms. The highest BCUT2D eigenvalue weighted by Gasteiger charge is 2.15. The fraction of sp³-hybridized carbons (Fsp3) is 0.667. The summed E-state index contributed by atoms with van der Waals surface area (Å²) in [5.74, 6) is 0.854. The van der Waals surface area contributed by atoms with Crippen molar-refractivity contribution in [2.24, 2.45) is 5.92 Å². The summed E-state index contributed by atoms with van der Waals surface area (Å²) in [6.07, 6.45) is 4.98. The molecule has 22 heavy (non-hydrogen) atoms. The van der Waals surface area contributed by atoms with E-state index in [0.717, 1.165) is 45.2 Å². The van der Waals surface area contributed by atoms with E-state index in [1.165, 1.54) is 48.0 Å². The van der Waals surface area contributed by atoms with Gasteiger partial charge in [-0.2, -0.15) is 0 Å². The van der Waals surface area contributed by atoms with Gasteiger partial charge in [0.2, 0.25) is 0 Å². The molecule has 0 atom stereocenters. The van der Waals surface area contributed by atoms with Crippen molar-refractivity contribution in [1.82, 2.24) is 10.2 Å². The molecule has 0 amide bonds. The summed E-state index contributed by atoms with van der Waals surface area (Å²) in [6.45, 7) is 7.42. The molecule has 2 heterocycles. The number of halogens is 1. The molecule has 3 rings (SSSR count). The molecule has 0 bridgehead atoms. The van der Waals surface area contributed by atoms with E-state index < -0.39 is 0 Å². The minimum atomic E-state index is 0.854. The molecule has 0 saturated carbocycles. The Morgan fingerprint density at radius 2 is 1.95 bits per heavy atom. The SMILES string of the molecule is Brc1cc(CC2CCNCC2)ccc1CCN1CCOCC1. The van der Waals surface area contributed by atoms with Crippen molar-refractivity contribution >= 4 is 15.9 Å². The predicted molar refractivity (Wildman–Crippen MR) is 94.4 cm³/mol. The molecule has 2 fully saturated rings. The third-order valence-corrected chi connectivity index (χ3v) is 5.64. The second-order valence-corrected chi connectivity index (χ2v) is 7.38. The van der Waals surface area contributed by atoms with Gasteiger partial charge in [0.1, 0.15) is 0 Å². The lowest BCUT2D eigenvalue weighted by molar-refractivity contribution is 0.0384. The lowest BCUT2D eigenvalue weighted by atomic mass is 9.90. The fourth-order valence-corrected chi connectivity index (χ4v) is 4.07. The van der Waals surface area contributed by atoms with Crippen molar-refractivity contribution in [2.45, 2.75) is 25.7 Å². The van der Waals surface area contributed by atoms with Gasteiger partial charge >= 0.3 is 0 Å². The standard InChI is InChI=1S/C18H27BrN2O/c19-18-14-16(13-15-3-6-20-7-4-15)1-2-17(18)5-8-21-9-11-22-12-10-21/h1-2,14-15,20H,3-13H2. The van der Waals surface area contributed by atoms with Crippen LogP contribution in [0, 0.1) is 5.92 Å². The van der Waals surface area contributed by atoms with Gasteiger partial charge in [0.25, 0.3) is 0 Å². The largest absolute Gasteiger partial charge is 0.379 e. The van der Waals surface area contributed by atoms with Crippen molar-refractivity contribution in [1.29, 1.82) is 0 Å². The van der Waals surface area contributed by atoms with Crippen LogP contribution >= 0.6 is 15.9 Å². The van der Waals surface area contributed by atoms with Crippen LogP contribution in [0.15, 0.2) is 22.7 Å². The summed E-state index contributed by atoms with van der Waals surface area (Å²) in [7, 11) is 0. The lowest BCUT2D eigenvalue weighted by Crippen LogP contribution is -2.37. The van der Waals surface area contributed by atoms with Crippen LogP contribution < -0.4 is 5.32 Å².